The van der Waals surface area contributed by atoms with Crippen LogP contribution in [0.3, 0.4) is 0 Å². The summed E-state index contributed by atoms with van der Waals surface area (Å²) in [6.07, 6.45) is 3.69. The molecule has 0 radical (unpaired) electrons. The maximum Gasteiger partial charge on any atom is 0.138 e. The van der Waals surface area contributed by atoms with E-state index < -0.39 is 0 Å². The first-order chi connectivity index (χ1) is 10.0. The van der Waals surface area contributed by atoms with E-state index in [1.807, 2.05) is 51.4 Å². The van der Waals surface area contributed by atoms with Gasteiger partial charge in [-0.05, 0) is 50.2 Å². The molecule has 1 heterocycles. The van der Waals surface area contributed by atoms with Crippen LogP contribution in [0.15, 0.2) is 41.1 Å². The van der Waals surface area contributed by atoms with Crippen molar-refractivity contribution in [1.29, 1.82) is 0 Å². The summed E-state index contributed by atoms with van der Waals surface area (Å²) >= 11 is 9.58. The molecule has 1 N–H and O–H groups in total. The zero-order chi connectivity index (χ0) is 15.4. The summed E-state index contributed by atoms with van der Waals surface area (Å²) in [5.74, 6) is 0.771. The third-order valence-electron chi connectivity index (χ3n) is 3.00. The Balaban J connectivity index is 2.37. The summed E-state index contributed by atoms with van der Waals surface area (Å²) in [5.41, 5.74) is 2.14. The number of nitrogens with zero attached hydrogens (tertiary/aromatic N) is 1. The molecule has 0 spiro atoms. The Kier molecular flexibility index (Phi) is 5.62. The molecule has 0 fully saturated rings. The molecule has 21 heavy (non-hydrogen) atoms. The van der Waals surface area contributed by atoms with Crippen molar-refractivity contribution >= 4 is 27.5 Å². The van der Waals surface area contributed by atoms with Crippen LogP contribution in [-0.2, 0) is 0 Å². The van der Waals surface area contributed by atoms with Crippen LogP contribution < -0.4 is 10.1 Å². The van der Waals surface area contributed by atoms with Crippen molar-refractivity contribution in [3.63, 3.8) is 0 Å². The van der Waals surface area contributed by atoms with Crippen molar-refractivity contribution in [2.24, 2.45) is 0 Å². The van der Waals surface area contributed by atoms with Gasteiger partial charge in [-0.15, -0.1) is 0 Å². The van der Waals surface area contributed by atoms with Crippen molar-refractivity contribution < 1.29 is 4.74 Å². The van der Waals surface area contributed by atoms with Gasteiger partial charge in [0.1, 0.15) is 5.75 Å². The van der Waals surface area contributed by atoms with Crippen LogP contribution in [-0.4, -0.2) is 18.1 Å². The van der Waals surface area contributed by atoms with Crippen molar-refractivity contribution in [3.05, 3.63) is 57.3 Å². The van der Waals surface area contributed by atoms with Crippen molar-refractivity contribution in [3.8, 4) is 5.75 Å². The Labute approximate surface area is 138 Å². The van der Waals surface area contributed by atoms with Crippen molar-refractivity contribution in [2.45, 2.75) is 26.0 Å². The second kappa shape index (κ2) is 7.25. The predicted molar refractivity (Wildman–Crippen MR) is 90.1 cm³/mol. The first kappa shape index (κ1) is 16.3. The maximum absolute atomic E-state index is 6.01. The van der Waals surface area contributed by atoms with Gasteiger partial charge in [-0.25, -0.2) is 0 Å². The number of pyridine rings is 1. The van der Waals surface area contributed by atoms with Crippen LogP contribution >= 0.6 is 27.5 Å². The Morgan fingerprint density at radius 3 is 2.62 bits per heavy atom. The molecule has 1 aromatic carbocycles. The van der Waals surface area contributed by atoms with Crippen LogP contribution in [0.4, 0.5) is 0 Å². The smallest absolute Gasteiger partial charge is 0.138 e. The molecule has 0 saturated heterocycles. The molecule has 112 valence electrons. The minimum Gasteiger partial charge on any atom is -0.489 e. The van der Waals surface area contributed by atoms with Crippen LogP contribution in [0.5, 0.6) is 5.75 Å². The molecule has 1 aromatic heterocycles. The summed E-state index contributed by atoms with van der Waals surface area (Å²) in [4.78, 5) is 4.27. The molecule has 2 rings (SSSR count). The second-order valence-corrected chi connectivity index (χ2v) is 6.30. The highest BCUT2D eigenvalue weighted by molar-refractivity contribution is 9.10. The summed E-state index contributed by atoms with van der Waals surface area (Å²) < 4.78 is 6.67. The number of hydrogen-bond donors (Lipinski definition) is 1. The summed E-state index contributed by atoms with van der Waals surface area (Å²) in [5, 5.41) is 4.01. The average molecular weight is 370 g/mol. The Morgan fingerprint density at radius 1 is 1.24 bits per heavy atom. The number of benzene rings is 1. The van der Waals surface area contributed by atoms with E-state index in [-0.39, 0.29) is 12.1 Å². The third-order valence-corrected chi connectivity index (χ3v) is 3.92. The summed E-state index contributed by atoms with van der Waals surface area (Å²) in [6.45, 7) is 4.00. The van der Waals surface area contributed by atoms with Gasteiger partial charge in [-0.3, -0.25) is 4.98 Å². The number of nitrogens with one attached hydrogen (secondary N) is 1. The molecule has 0 bridgehead atoms. The highest BCUT2D eigenvalue weighted by Gasteiger charge is 2.16. The highest BCUT2D eigenvalue weighted by Crippen LogP contribution is 2.31. The minimum atomic E-state index is 0.0138. The monoisotopic (exact) mass is 368 g/mol. The molecule has 0 aliphatic carbocycles. The number of ether oxygens (including phenoxy) is 1. The predicted octanol–water partition coefficient (Wildman–Crippen LogP) is 4.59. The fourth-order valence-electron chi connectivity index (χ4n) is 2.17. The molecule has 5 heteroatoms. The first-order valence-electron chi connectivity index (χ1n) is 6.75. The first-order valence-corrected chi connectivity index (χ1v) is 7.92. The van der Waals surface area contributed by atoms with Gasteiger partial charge >= 0.3 is 0 Å². The van der Waals surface area contributed by atoms with Gasteiger partial charge in [0.05, 0.1) is 18.3 Å². The Bertz CT molecular complexity index is 619. The number of hydrogen-bond acceptors (Lipinski definition) is 3. The average Bonchev–Trinajstić information content (AvgIpc) is 2.41. The Morgan fingerprint density at radius 2 is 2.00 bits per heavy atom. The van der Waals surface area contributed by atoms with E-state index in [0.29, 0.717) is 5.02 Å². The van der Waals surface area contributed by atoms with E-state index in [4.69, 9.17) is 16.3 Å². The van der Waals surface area contributed by atoms with Crippen molar-refractivity contribution in [1.82, 2.24) is 10.3 Å². The summed E-state index contributed by atoms with van der Waals surface area (Å²) in [7, 11) is 1.92. The lowest BCUT2D eigenvalue weighted by Crippen LogP contribution is -2.18. The molecule has 0 saturated carbocycles. The molecule has 1 atom stereocenters. The van der Waals surface area contributed by atoms with Gasteiger partial charge < -0.3 is 10.1 Å². The molecule has 1 unspecified atom stereocenters. The molecule has 0 amide bonds. The van der Waals surface area contributed by atoms with Crippen LogP contribution in [0.1, 0.15) is 31.0 Å². The van der Waals surface area contributed by atoms with E-state index >= 15 is 0 Å². The van der Waals surface area contributed by atoms with Gasteiger partial charge in [-0.1, -0.05) is 33.6 Å². The zero-order valence-electron chi connectivity index (χ0n) is 12.2. The molecule has 3 nitrogen and oxygen atoms in total. The zero-order valence-corrected chi connectivity index (χ0v) is 14.6. The van der Waals surface area contributed by atoms with Crippen LogP contribution in [0, 0.1) is 0 Å². The molecular formula is C16H18BrClN2O. The van der Waals surface area contributed by atoms with E-state index in [9.17, 15) is 0 Å². The van der Waals surface area contributed by atoms with Gasteiger partial charge in [0.25, 0.3) is 0 Å². The lowest BCUT2D eigenvalue weighted by atomic mass is 10.0. The van der Waals surface area contributed by atoms with E-state index in [0.717, 1.165) is 21.3 Å². The fourth-order valence-corrected chi connectivity index (χ4v) is 3.08. The van der Waals surface area contributed by atoms with Gasteiger partial charge in [0.2, 0.25) is 0 Å². The number of aromatic nitrogens is 1. The lowest BCUT2D eigenvalue weighted by Gasteiger charge is -2.19. The van der Waals surface area contributed by atoms with Gasteiger partial charge in [-0.2, -0.15) is 0 Å². The van der Waals surface area contributed by atoms with Crippen LogP contribution in [0.25, 0.3) is 0 Å². The topological polar surface area (TPSA) is 34.2 Å². The highest BCUT2D eigenvalue weighted by atomic mass is 79.9. The second-order valence-electron chi connectivity index (χ2n) is 5.01. The maximum atomic E-state index is 6.01. The molecule has 2 aromatic rings. The number of halogens is 2. The standard InChI is InChI=1S/C16H18BrClN2O/c1-10(2)21-13-6-11(8-20-9-13)16(19-3)14-5-4-12(18)7-15(14)17/h4-10,16,19H,1-3H3. The van der Waals surface area contributed by atoms with Gasteiger partial charge in [0.15, 0.2) is 0 Å². The molecular weight excluding hydrogens is 352 g/mol. The van der Waals surface area contributed by atoms with Crippen LogP contribution in [0.2, 0.25) is 5.02 Å². The van der Waals surface area contributed by atoms with Gasteiger partial charge in [0, 0.05) is 15.7 Å². The van der Waals surface area contributed by atoms with Crippen molar-refractivity contribution in [2.75, 3.05) is 7.05 Å². The SMILES string of the molecule is CNC(c1cncc(OC(C)C)c1)c1ccc(Cl)cc1Br. The fraction of sp³-hybridized carbons (Fsp3) is 0.312. The minimum absolute atomic E-state index is 0.0138. The largest absolute Gasteiger partial charge is 0.489 e. The lowest BCUT2D eigenvalue weighted by molar-refractivity contribution is 0.241. The number of rotatable bonds is 5. The van der Waals surface area contributed by atoms with E-state index in [2.05, 4.69) is 26.2 Å². The quantitative estimate of drug-likeness (QED) is 0.837. The third kappa shape index (κ3) is 4.19. The molecule has 0 aliphatic heterocycles. The molecule has 0 aliphatic rings. The normalized spacial score (nSPS) is 12.5. The summed E-state index contributed by atoms with van der Waals surface area (Å²) in [6, 6.07) is 7.80. The van der Waals surface area contributed by atoms with E-state index in [1.54, 1.807) is 6.20 Å². The van der Waals surface area contributed by atoms with E-state index in [1.165, 1.54) is 0 Å². The Hall–Kier alpha value is -1.10.